The Morgan fingerprint density at radius 3 is 2.74 bits per heavy atom. The standard InChI is InChI=1S/C17H21N3O2S/c1-3-10-22-16-12-14(19-17(21)23-11-4-2)13-18-20(16)15-8-6-5-7-9-15/h5-9,12-13H,3-4,10-11H2,1-2H3. The zero-order chi connectivity index (χ0) is 16.5. The SMILES string of the molecule is CCCOc1cc(=NC(=O)SCCC)cnn1-c1ccccc1. The molecule has 0 unspecified atom stereocenters. The maximum Gasteiger partial charge on any atom is 0.305 e. The Kier molecular flexibility index (Phi) is 6.87. The quantitative estimate of drug-likeness (QED) is 0.807. The van der Waals surface area contributed by atoms with Crippen LogP contribution in [0.4, 0.5) is 4.79 Å². The molecule has 0 aliphatic rings. The first kappa shape index (κ1) is 17.3. The average molecular weight is 331 g/mol. The second kappa shape index (κ2) is 9.15. The van der Waals surface area contributed by atoms with Crippen LogP contribution in [0, 0.1) is 0 Å². The molecule has 0 aliphatic heterocycles. The molecule has 0 bridgehead atoms. The summed E-state index contributed by atoms with van der Waals surface area (Å²) in [5, 5.41) is 4.68. The molecular weight excluding hydrogens is 310 g/mol. The predicted octanol–water partition coefficient (Wildman–Crippen LogP) is 3.83. The van der Waals surface area contributed by atoms with Gasteiger partial charge in [0, 0.05) is 11.8 Å². The van der Waals surface area contributed by atoms with Crippen molar-refractivity contribution in [2.75, 3.05) is 12.4 Å². The number of ether oxygens (including phenoxy) is 1. The Bertz CT molecular complexity index is 698. The third-order valence-corrected chi connectivity index (χ3v) is 3.84. The number of nitrogens with zero attached hydrogens (tertiary/aromatic N) is 3. The lowest BCUT2D eigenvalue weighted by molar-refractivity contribution is 0.267. The molecule has 1 aromatic carbocycles. The number of carbonyl (C=O) groups excluding carboxylic acids is 1. The van der Waals surface area contributed by atoms with Crippen molar-refractivity contribution in [1.29, 1.82) is 0 Å². The van der Waals surface area contributed by atoms with Crippen molar-refractivity contribution < 1.29 is 9.53 Å². The summed E-state index contributed by atoms with van der Waals surface area (Å²) in [6, 6.07) is 11.5. The van der Waals surface area contributed by atoms with Crippen molar-refractivity contribution in [3.8, 4) is 11.6 Å². The summed E-state index contributed by atoms with van der Waals surface area (Å²) in [5.74, 6) is 1.35. The molecule has 2 rings (SSSR count). The molecule has 0 spiro atoms. The van der Waals surface area contributed by atoms with Crippen LogP contribution in [0.2, 0.25) is 0 Å². The smallest absolute Gasteiger partial charge is 0.305 e. The van der Waals surface area contributed by atoms with Crippen LogP contribution >= 0.6 is 11.8 Å². The summed E-state index contributed by atoms with van der Waals surface area (Å²) < 4.78 is 7.47. The summed E-state index contributed by atoms with van der Waals surface area (Å²) in [4.78, 5) is 15.8. The molecule has 0 fully saturated rings. The van der Waals surface area contributed by atoms with E-state index in [1.807, 2.05) is 44.2 Å². The summed E-state index contributed by atoms with van der Waals surface area (Å²) in [5.41, 5.74) is 0.900. The minimum atomic E-state index is -0.201. The molecule has 0 saturated carbocycles. The van der Waals surface area contributed by atoms with Crippen LogP contribution < -0.4 is 10.1 Å². The van der Waals surface area contributed by atoms with Gasteiger partial charge in [0.05, 0.1) is 23.8 Å². The van der Waals surface area contributed by atoms with Gasteiger partial charge >= 0.3 is 5.24 Å². The van der Waals surface area contributed by atoms with Crippen molar-refractivity contribution >= 4 is 17.0 Å². The van der Waals surface area contributed by atoms with Crippen LogP contribution in [0.5, 0.6) is 5.88 Å². The first-order chi connectivity index (χ1) is 11.2. The van der Waals surface area contributed by atoms with E-state index >= 15 is 0 Å². The van der Waals surface area contributed by atoms with E-state index in [4.69, 9.17) is 4.74 Å². The fraction of sp³-hybridized carbons (Fsp3) is 0.353. The second-order valence-corrected chi connectivity index (χ2v) is 5.92. The molecule has 122 valence electrons. The Labute approximate surface area is 140 Å². The molecular formula is C17H21N3O2S. The second-order valence-electron chi connectivity index (χ2n) is 4.87. The number of hydrogen-bond donors (Lipinski definition) is 0. The Morgan fingerprint density at radius 1 is 1.26 bits per heavy atom. The zero-order valence-electron chi connectivity index (χ0n) is 13.4. The Hall–Kier alpha value is -2.08. The normalized spacial score (nSPS) is 11.5. The Balaban J connectivity index is 2.34. The minimum Gasteiger partial charge on any atom is -0.478 e. The molecule has 6 heteroatoms. The highest BCUT2D eigenvalue weighted by atomic mass is 32.2. The molecule has 23 heavy (non-hydrogen) atoms. The molecule has 1 heterocycles. The van der Waals surface area contributed by atoms with Gasteiger partial charge in [0.15, 0.2) is 0 Å². The van der Waals surface area contributed by atoms with E-state index in [0.29, 0.717) is 17.8 Å². The van der Waals surface area contributed by atoms with Crippen molar-refractivity contribution in [3.63, 3.8) is 0 Å². The average Bonchev–Trinajstić information content (AvgIpc) is 2.59. The van der Waals surface area contributed by atoms with Gasteiger partial charge in [-0.25, -0.2) is 9.67 Å². The van der Waals surface area contributed by atoms with Crippen LogP contribution in [0.3, 0.4) is 0 Å². The molecule has 2 aromatic rings. The third kappa shape index (κ3) is 5.25. The van der Waals surface area contributed by atoms with Gasteiger partial charge in [0.1, 0.15) is 0 Å². The van der Waals surface area contributed by atoms with Crippen LogP contribution in [0.1, 0.15) is 26.7 Å². The lowest BCUT2D eigenvalue weighted by Gasteiger charge is -2.12. The van der Waals surface area contributed by atoms with E-state index in [2.05, 4.69) is 10.1 Å². The van der Waals surface area contributed by atoms with Gasteiger partial charge in [-0.05, 0) is 25.0 Å². The van der Waals surface area contributed by atoms with Gasteiger partial charge in [-0.15, -0.1) is 0 Å². The van der Waals surface area contributed by atoms with E-state index in [1.54, 1.807) is 16.9 Å². The van der Waals surface area contributed by atoms with Gasteiger partial charge in [0.2, 0.25) is 5.88 Å². The Morgan fingerprint density at radius 2 is 2.04 bits per heavy atom. The number of thioether (sulfide) groups is 1. The van der Waals surface area contributed by atoms with Crippen molar-refractivity contribution in [2.24, 2.45) is 4.99 Å². The predicted molar refractivity (Wildman–Crippen MR) is 93.1 cm³/mol. The summed E-state index contributed by atoms with van der Waals surface area (Å²) in [6.07, 6.45) is 3.41. The highest BCUT2D eigenvalue weighted by Crippen LogP contribution is 2.14. The van der Waals surface area contributed by atoms with E-state index in [-0.39, 0.29) is 5.24 Å². The number of benzene rings is 1. The number of rotatable bonds is 6. The summed E-state index contributed by atoms with van der Waals surface area (Å²) >= 11 is 1.21. The molecule has 1 amide bonds. The number of para-hydroxylation sites is 1. The molecule has 1 aromatic heterocycles. The van der Waals surface area contributed by atoms with E-state index in [0.717, 1.165) is 24.3 Å². The number of amides is 1. The maximum absolute atomic E-state index is 11.8. The number of carbonyl (C=O) groups is 1. The van der Waals surface area contributed by atoms with Crippen molar-refractivity contribution in [1.82, 2.24) is 9.78 Å². The molecule has 0 N–H and O–H groups in total. The van der Waals surface area contributed by atoms with Crippen molar-refractivity contribution in [2.45, 2.75) is 26.7 Å². The van der Waals surface area contributed by atoms with E-state index < -0.39 is 0 Å². The monoisotopic (exact) mass is 331 g/mol. The van der Waals surface area contributed by atoms with Gasteiger partial charge < -0.3 is 4.74 Å². The van der Waals surface area contributed by atoms with Crippen LogP contribution in [-0.4, -0.2) is 27.4 Å². The topological polar surface area (TPSA) is 56.5 Å². The highest BCUT2D eigenvalue weighted by molar-refractivity contribution is 8.13. The first-order valence-electron chi connectivity index (χ1n) is 7.73. The third-order valence-electron chi connectivity index (χ3n) is 2.89. The van der Waals surface area contributed by atoms with Crippen molar-refractivity contribution in [3.05, 3.63) is 48.0 Å². The lowest BCUT2D eigenvalue weighted by Crippen LogP contribution is -2.15. The van der Waals surface area contributed by atoms with Crippen LogP contribution in [-0.2, 0) is 0 Å². The van der Waals surface area contributed by atoms with Gasteiger partial charge in [0.25, 0.3) is 0 Å². The van der Waals surface area contributed by atoms with E-state index in [9.17, 15) is 4.79 Å². The van der Waals surface area contributed by atoms with Crippen LogP contribution in [0.25, 0.3) is 5.69 Å². The number of hydrogen-bond acceptors (Lipinski definition) is 4. The molecule has 0 saturated heterocycles. The maximum atomic E-state index is 11.8. The molecule has 0 aliphatic carbocycles. The van der Waals surface area contributed by atoms with Crippen LogP contribution in [0.15, 0.2) is 47.6 Å². The molecule has 0 atom stereocenters. The van der Waals surface area contributed by atoms with Gasteiger partial charge in [-0.1, -0.05) is 43.8 Å². The molecule has 5 nitrogen and oxygen atoms in total. The minimum absolute atomic E-state index is 0.201. The first-order valence-corrected chi connectivity index (χ1v) is 8.72. The fourth-order valence-corrected chi connectivity index (χ4v) is 2.41. The molecule has 0 radical (unpaired) electrons. The van der Waals surface area contributed by atoms with Gasteiger partial charge in [-0.2, -0.15) is 5.10 Å². The largest absolute Gasteiger partial charge is 0.478 e. The highest BCUT2D eigenvalue weighted by Gasteiger charge is 2.06. The summed E-state index contributed by atoms with van der Waals surface area (Å²) in [7, 11) is 0. The fourth-order valence-electron chi connectivity index (χ4n) is 1.86. The van der Waals surface area contributed by atoms with Gasteiger partial charge in [-0.3, -0.25) is 4.79 Å². The lowest BCUT2D eigenvalue weighted by atomic mass is 10.3. The number of aromatic nitrogens is 2. The van der Waals surface area contributed by atoms with E-state index in [1.165, 1.54) is 11.8 Å². The summed E-state index contributed by atoms with van der Waals surface area (Å²) in [6.45, 7) is 4.65. The zero-order valence-corrected chi connectivity index (χ0v) is 14.3.